The number of rotatable bonds is 57. The second kappa shape index (κ2) is 53.4. The number of hydrogen-bond acceptors (Lipinski definition) is 4. The fraction of sp³-hybridized carbons (Fsp3) is 1.00. The maximum Gasteiger partial charge on any atom is 0.167 e. The Kier molecular flexibility index (Phi) is 54.3. The summed E-state index contributed by atoms with van der Waals surface area (Å²) >= 11 is 0. The summed E-state index contributed by atoms with van der Waals surface area (Å²) in [6.45, 7) is 15.7. The predicted molar refractivity (Wildman–Crippen MR) is 306 cm³/mol. The van der Waals surface area contributed by atoms with Crippen molar-refractivity contribution in [2.45, 2.75) is 347 Å². The van der Waals surface area contributed by atoms with Crippen molar-refractivity contribution >= 4 is 41.1 Å². The average molecular weight is 972 g/mol. The van der Waals surface area contributed by atoms with Crippen molar-refractivity contribution in [2.24, 2.45) is 0 Å². The highest BCUT2D eigenvalue weighted by Gasteiger charge is 2.32. The molecule has 0 aromatic carbocycles. The third-order valence-corrected chi connectivity index (χ3v) is 22.0. The van der Waals surface area contributed by atoms with E-state index < -0.39 is 19.5 Å². The molecule has 0 rings (SSSR count). The lowest BCUT2D eigenvalue weighted by atomic mass is 9.90. The molecule has 0 fully saturated rings. The first-order valence-corrected chi connectivity index (χ1v) is 35.0. The lowest BCUT2D eigenvalue weighted by Gasteiger charge is -2.34. The molecule has 0 radical (unpaired) electrons. The molecule has 0 aromatic rings. The van der Waals surface area contributed by atoms with Gasteiger partial charge in [-0.2, -0.15) is 0 Å². The molecule has 0 aromatic heterocycles. The molecule has 0 heterocycles. The first-order chi connectivity index (χ1) is 31.6. The normalized spacial score (nSPS) is 12.7. The van der Waals surface area contributed by atoms with Gasteiger partial charge in [-0.15, -0.1) is 0 Å². The van der Waals surface area contributed by atoms with E-state index in [9.17, 15) is 0 Å². The highest BCUT2D eigenvalue weighted by atomic mass is 33.1. The minimum absolute atomic E-state index is 0.514. The van der Waals surface area contributed by atoms with E-state index in [0.717, 1.165) is 13.2 Å². The maximum absolute atomic E-state index is 6.53. The van der Waals surface area contributed by atoms with Crippen LogP contribution in [0.5, 0.6) is 0 Å². The maximum atomic E-state index is 6.53. The van der Waals surface area contributed by atoms with Crippen LogP contribution in [0.25, 0.3) is 0 Å². The monoisotopic (exact) mass is 971 g/mol. The molecular formula is C58H122O2S2Si2. The summed E-state index contributed by atoms with van der Waals surface area (Å²) in [5.74, 6) is 2.65. The molecule has 0 amide bonds. The van der Waals surface area contributed by atoms with E-state index in [1.807, 2.05) is 0 Å². The van der Waals surface area contributed by atoms with Gasteiger partial charge in [0.05, 0.1) is 0 Å². The zero-order valence-corrected chi connectivity index (χ0v) is 49.9. The molecule has 0 bridgehead atoms. The van der Waals surface area contributed by atoms with Gasteiger partial charge in [0.15, 0.2) is 19.5 Å². The average Bonchev–Trinajstić information content (AvgIpc) is 3.31. The topological polar surface area (TPSA) is 18.5 Å². The van der Waals surface area contributed by atoms with Crippen molar-refractivity contribution in [1.82, 2.24) is 0 Å². The molecule has 0 atom stereocenters. The van der Waals surface area contributed by atoms with Gasteiger partial charge in [0, 0.05) is 24.7 Å². The van der Waals surface area contributed by atoms with Crippen LogP contribution in [0.2, 0.25) is 10.1 Å². The predicted octanol–water partition coefficient (Wildman–Crippen LogP) is 20.9. The smallest absolute Gasteiger partial charge is 0.167 e. The van der Waals surface area contributed by atoms with Crippen molar-refractivity contribution in [1.29, 1.82) is 0 Å². The Morgan fingerprint density at radius 3 is 0.625 bits per heavy atom. The summed E-state index contributed by atoms with van der Waals surface area (Å²) in [5, 5.41) is 1.03. The van der Waals surface area contributed by atoms with Crippen LogP contribution in [0.1, 0.15) is 337 Å². The van der Waals surface area contributed by atoms with Crippen LogP contribution in [0.15, 0.2) is 0 Å². The van der Waals surface area contributed by atoms with Gasteiger partial charge in [-0.3, -0.25) is 0 Å². The van der Waals surface area contributed by atoms with Crippen LogP contribution < -0.4 is 0 Å². The SMILES string of the molecule is CCCCCCCCCCCCC(CCCCCCCCCCCC)(CCSSCCC(CCCCCCCCCCCC)(CCCCCCCCCCCC)[SiH2]OCC)[SiH2]OCC. The van der Waals surface area contributed by atoms with Crippen LogP contribution in [-0.2, 0) is 8.85 Å². The Morgan fingerprint density at radius 1 is 0.250 bits per heavy atom. The van der Waals surface area contributed by atoms with Gasteiger partial charge < -0.3 is 8.85 Å². The molecule has 386 valence electrons. The Bertz CT molecular complexity index is 746. The second-order valence-corrected chi connectivity index (χ2v) is 28.2. The first kappa shape index (κ1) is 65.1. The van der Waals surface area contributed by atoms with E-state index in [4.69, 9.17) is 8.85 Å². The van der Waals surface area contributed by atoms with E-state index in [-0.39, 0.29) is 0 Å². The zero-order valence-electron chi connectivity index (χ0n) is 45.4. The van der Waals surface area contributed by atoms with Crippen LogP contribution in [0.3, 0.4) is 0 Å². The fourth-order valence-electron chi connectivity index (χ4n) is 10.4. The van der Waals surface area contributed by atoms with Gasteiger partial charge in [0.2, 0.25) is 0 Å². The summed E-state index contributed by atoms with van der Waals surface area (Å²) in [7, 11) is 3.39. The quantitative estimate of drug-likeness (QED) is 0.0343. The van der Waals surface area contributed by atoms with Gasteiger partial charge in [-0.1, -0.05) is 306 Å². The Balaban J connectivity index is 5.34. The molecule has 0 saturated heterocycles. The van der Waals surface area contributed by atoms with Crippen LogP contribution in [0.4, 0.5) is 0 Å². The Labute approximate surface area is 419 Å². The van der Waals surface area contributed by atoms with Crippen molar-refractivity contribution in [3.05, 3.63) is 0 Å². The lowest BCUT2D eigenvalue weighted by Crippen LogP contribution is -2.25. The highest BCUT2D eigenvalue weighted by Crippen LogP contribution is 2.47. The van der Waals surface area contributed by atoms with E-state index in [1.54, 1.807) is 0 Å². The lowest BCUT2D eigenvalue weighted by molar-refractivity contribution is 0.305. The van der Waals surface area contributed by atoms with Crippen LogP contribution in [0, 0.1) is 0 Å². The zero-order chi connectivity index (χ0) is 46.6. The van der Waals surface area contributed by atoms with Gasteiger partial charge >= 0.3 is 0 Å². The largest absolute Gasteiger partial charge is 0.424 e. The Morgan fingerprint density at radius 2 is 0.438 bits per heavy atom. The summed E-state index contributed by atoms with van der Waals surface area (Å²) in [5.41, 5.74) is 0. The Hall–Kier alpha value is 1.05. The number of hydrogen-bond donors (Lipinski definition) is 0. The third-order valence-electron chi connectivity index (χ3n) is 15.0. The molecule has 0 aliphatic heterocycles. The molecule has 6 heteroatoms. The minimum Gasteiger partial charge on any atom is -0.424 e. The fourth-order valence-corrected chi connectivity index (χ4v) is 16.9. The first-order valence-electron chi connectivity index (χ1n) is 30.0. The second-order valence-electron chi connectivity index (χ2n) is 21.1. The van der Waals surface area contributed by atoms with Crippen LogP contribution in [-0.4, -0.2) is 44.2 Å². The summed E-state index contributed by atoms with van der Waals surface area (Å²) in [6.07, 6.45) is 66.2. The van der Waals surface area contributed by atoms with Crippen molar-refractivity contribution in [2.75, 3.05) is 24.7 Å². The summed E-state index contributed by atoms with van der Waals surface area (Å²) in [6, 6.07) is 0. The van der Waals surface area contributed by atoms with E-state index in [2.05, 4.69) is 63.1 Å². The molecule has 0 spiro atoms. The van der Waals surface area contributed by atoms with E-state index in [1.165, 1.54) is 307 Å². The van der Waals surface area contributed by atoms with Gasteiger partial charge in [-0.25, -0.2) is 0 Å². The molecule has 0 N–H and O–H groups in total. The third kappa shape index (κ3) is 44.3. The highest BCUT2D eigenvalue weighted by molar-refractivity contribution is 8.76. The summed E-state index contributed by atoms with van der Waals surface area (Å²) in [4.78, 5) is 0. The van der Waals surface area contributed by atoms with Crippen molar-refractivity contribution in [3.63, 3.8) is 0 Å². The van der Waals surface area contributed by atoms with Crippen molar-refractivity contribution in [3.8, 4) is 0 Å². The molecule has 0 unspecified atom stereocenters. The molecule has 64 heavy (non-hydrogen) atoms. The molecular weight excluding hydrogens is 849 g/mol. The summed E-state index contributed by atoms with van der Waals surface area (Å²) < 4.78 is 13.1. The van der Waals surface area contributed by atoms with Gasteiger partial charge in [0.1, 0.15) is 0 Å². The molecule has 2 nitrogen and oxygen atoms in total. The molecule has 0 aliphatic carbocycles. The van der Waals surface area contributed by atoms with Gasteiger partial charge in [0.25, 0.3) is 0 Å². The van der Waals surface area contributed by atoms with Crippen molar-refractivity contribution < 1.29 is 8.85 Å². The number of unbranched alkanes of at least 4 members (excludes halogenated alkanes) is 36. The van der Waals surface area contributed by atoms with Crippen LogP contribution >= 0.6 is 21.6 Å². The van der Waals surface area contributed by atoms with E-state index in [0.29, 0.717) is 10.1 Å². The molecule has 0 saturated carbocycles. The standard InChI is InChI=1S/C58H122O2S2Si2/c1-7-13-17-21-25-29-33-37-41-45-49-57(63-59-11-5,50-46-42-38-34-30-26-22-18-14-8-2)53-55-61-62-56-54-58(64-60-12-6,51-47-43-39-35-31-27-23-19-15-9-3)52-48-44-40-36-32-28-24-20-16-10-4/h7-56,63-64H2,1-6H3. The molecule has 0 aliphatic rings. The van der Waals surface area contributed by atoms with Gasteiger partial charge in [-0.05, 0) is 62.4 Å². The van der Waals surface area contributed by atoms with E-state index >= 15 is 0 Å². The minimum atomic E-state index is -0.545.